The lowest BCUT2D eigenvalue weighted by atomic mass is 10.4. The fraction of sp³-hybridized carbons (Fsp3) is 0.462. The van der Waals surface area contributed by atoms with E-state index in [9.17, 15) is 26.4 Å². The van der Waals surface area contributed by atoms with E-state index in [-0.39, 0.29) is 12.8 Å². The van der Waals surface area contributed by atoms with Crippen molar-refractivity contribution in [2.75, 3.05) is 24.0 Å². The van der Waals surface area contributed by atoms with Crippen LogP contribution in [0, 0.1) is 0 Å². The van der Waals surface area contributed by atoms with E-state index in [1.807, 2.05) is 86.6 Å². The van der Waals surface area contributed by atoms with E-state index in [0.29, 0.717) is 11.5 Å². The van der Waals surface area contributed by atoms with Crippen molar-refractivity contribution >= 4 is 31.6 Å². The van der Waals surface area contributed by atoms with E-state index < -0.39 is 31.6 Å². The monoisotopic (exact) mass is 548 g/mol. The smallest absolute Gasteiger partial charge is 0.303 e. The van der Waals surface area contributed by atoms with Gasteiger partial charge in [0, 0.05) is 36.9 Å². The van der Waals surface area contributed by atoms with Crippen LogP contribution < -0.4 is 0 Å². The first-order valence-electron chi connectivity index (χ1n) is 11.5. The topological polar surface area (TPSA) is 143 Å². The summed E-state index contributed by atoms with van der Waals surface area (Å²) in [5, 5.41) is 15.4. The van der Waals surface area contributed by atoms with E-state index in [0.717, 1.165) is 12.8 Å². The van der Waals surface area contributed by atoms with Crippen molar-refractivity contribution in [3.63, 3.8) is 0 Å². The van der Waals surface area contributed by atoms with Crippen LogP contribution in [0.4, 0.5) is 0 Å². The molecule has 2 N–H and O–H groups in total. The lowest BCUT2D eigenvalue weighted by Gasteiger charge is -1.87. The molecule has 0 saturated carbocycles. The molecule has 0 aromatic heterocycles. The third-order valence-electron chi connectivity index (χ3n) is 3.09. The van der Waals surface area contributed by atoms with Crippen molar-refractivity contribution in [1.29, 1.82) is 0 Å². The summed E-state index contributed by atoms with van der Waals surface area (Å²) >= 11 is 0. The van der Waals surface area contributed by atoms with Crippen LogP contribution in [0.3, 0.4) is 0 Å². The molecular weight excluding hydrogens is 504 g/mol. The summed E-state index contributed by atoms with van der Waals surface area (Å²) in [7, 11) is -5.35. The molecule has 0 unspecified atom stereocenters. The van der Waals surface area contributed by atoms with Crippen LogP contribution in [-0.2, 0) is 29.3 Å². The summed E-state index contributed by atoms with van der Waals surface area (Å²) in [6.45, 7) is 6.90. The molecule has 0 atom stereocenters. The zero-order valence-electron chi connectivity index (χ0n) is 22.3. The number of carbonyl (C=O) groups is 2. The van der Waals surface area contributed by atoms with Crippen LogP contribution in [-0.4, -0.2) is 63.0 Å². The highest BCUT2D eigenvalue weighted by Gasteiger charge is 1.96. The highest BCUT2D eigenvalue weighted by molar-refractivity contribution is 7.90. The highest BCUT2D eigenvalue weighted by atomic mass is 32.2. The molecule has 0 amide bonds. The fourth-order valence-corrected chi connectivity index (χ4v) is 2.99. The van der Waals surface area contributed by atoms with E-state index in [2.05, 4.69) is 0 Å². The standard InChI is InChI=1S/2C6H6.2C4H10O2S.2C3H6O2/c2*1-2-4-6-5-3-1;2*1-3-4-7(2,5)6;2*1-2-3(4)5/h2*1-6H;2*3-4H2,1-2H3;2*2H2,1H3,(H,4,5). The van der Waals surface area contributed by atoms with Crippen LogP contribution in [0.2, 0.25) is 0 Å². The summed E-state index contributed by atoms with van der Waals surface area (Å²) in [6, 6.07) is 24.0. The lowest BCUT2D eigenvalue weighted by molar-refractivity contribution is -0.137. The Morgan fingerprint density at radius 3 is 0.667 bits per heavy atom. The Bertz CT molecular complexity index is 796. The number of aliphatic carboxylic acids is 2. The third-order valence-corrected chi connectivity index (χ3v) is 5.39. The maximum Gasteiger partial charge on any atom is 0.303 e. The van der Waals surface area contributed by atoms with Crippen molar-refractivity contribution in [1.82, 2.24) is 0 Å². The Morgan fingerprint density at radius 2 is 0.639 bits per heavy atom. The SMILES string of the molecule is CCC(=O)O.CCC(=O)O.CCCS(C)(=O)=O.CCCS(C)(=O)=O.c1ccccc1.c1ccccc1. The van der Waals surface area contributed by atoms with E-state index >= 15 is 0 Å². The molecular formula is C26H44O8S2. The van der Waals surface area contributed by atoms with Gasteiger partial charge in [0.15, 0.2) is 0 Å². The zero-order valence-corrected chi connectivity index (χ0v) is 24.0. The molecule has 8 nitrogen and oxygen atoms in total. The van der Waals surface area contributed by atoms with Crippen molar-refractivity contribution in [3.05, 3.63) is 72.8 Å². The van der Waals surface area contributed by atoms with E-state index in [1.54, 1.807) is 13.8 Å². The van der Waals surface area contributed by atoms with Crippen LogP contribution in [0.1, 0.15) is 53.4 Å². The van der Waals surface area contributed by atoms with Gasteiger partial charge in [-0.05, 0) is 12.8 Å². The Balaban J connectivity index is -0.000000171. The molecule has 2 aromatic rings. The predicted molar refractivity (Wildman–Crippen MR) is 149 cm³/mol. The average Bonchev–Trinajstić information content (AvgIpc) is 2.82. The number of sulfone groups is 2. The average molecular weight is 549 g/mol. The molecule has 0 radical (unpaired) electrons. The predicted octanol–water partition coefficient (Wildman–Crippen LogP) is 5.22. The Morgan fingerprint density at radius 1 is 0.500 bits per heavy atom. The number of rotatable bonds is 6. The van der Waals surface area contributed by atoms with Gasteiger partial charge in [0.1, 0.15) is 19.7 Å². The first kappa shape index (κ1) is 40.4. The molecule has 2 aromatic carbocycles. The van der Waals surface area contributed by atoms with Crippen molar-refractivity contribution in [3.8, 4) is 0 Å². The molecule has 0 fully saturated rings. The van der Waals surface area contributed by atoms with Crippen LogP contribution in [0.25, 0.3) is 0 Å². The minimum absolute atomic E-state index is 0.222. The molecule has 10 heteroatoms. The van der Waals surface area contributed by atoms with Gasteiger partial charge < -0.3 is 10.2 Å². The normalized spacial score (nSPS) is 9.28. The molecule has 0 aliphatic heterocycles. The summed E-state index contributed by atoms with van der Waals surface area (Å²) in [5.41, 5.74) is 0. The molecule has 0 heterocycles. The first-order valence-corrected chi connectivity index (χ1v) is 15.6. The van der Waals surface area contributed by atoms with Crippen LogP contribution in [0.5, 0.6) is 0 Å². The van der Waals surface area contributed by atoms with Gasteiger partial charge in [-0.25, -0.2) is 16.8 Å². The largest absolute Gasteiger partial charge is 0.481 e. The van der Waals surface area contributed by atoms with Crippen LogP contribution in [0.15, 0.2) is 72.8 Å². The molecule has 0 aliphatic carbocycles. The van der Waals surface area contributed by atoms with Gasteiger partial charge in [-0.15, -0.1) is 0 Å². The number of carboxylic acid groups (broad SMARTS) is 2. The van der Waals surface area contributed by atoms with Gasteiger partial charge in [0.05, 0.1) is 0 Å². The van der Waals surface area contributed by atoms with Gasteiger partial charge in [-0.2, -0.15) is 0 Å². The molecule has 2 rings (SSSR count). The molecule has 0 spiro atoms. The Labute approximate surface area is 218 Å². The van der Waals surface area contributed by atoms with Gasteiger partial charge in [0.25, 0.3) is 0 Å². The number of benzene rings is 2. The third kappa shape index (κ3) is 63.3. The van der Waals surface area contributed by atoms with Gasteiger partial charge in [-0.3, -0.25) is 9.59 Å². The second kappa shape index (κ2) is 28.5. The van der Waals surface area contributed by atoms with Crippen LogP contribution >= 0.6 is 0 Å². The van der Waals surface area contributed by atoms with Crippen molar-refractivity contribution in [2.45, 2.75) is 53.4 Å². The number of carboxylic acids is 2. The maximum atomic E-state index is 10.2. The summed E-state index contributed by atoms with van der Waals surface area (Å²) < 4.78 is 40.9. The van der Waals surface area contributed by atoms with Crippen molar-refractivity contribution in [2.24, 2.45) is 0 Å². The minimum Gasteiger partial charge on any atom is -0.481 e. The van der Waals surface area contributed by atoms with E-state index in [1.165, 1.54) is 12.5 Å². The van der Waals surface area contributed by atoms with E-state index in [4.69, 9.17) is 10.2 Å². The van der Waals surface area contributed by atoms with Gasteiger partial charge in [-0.1, -0.05) is 100 Å². The molecule has 0 bridgehead atoms. The molecule has 0 saturated heterocycles. The van der Waals surface area contributed by atoms with Crippen molar-refractivity contribution < 1.29 is 36.6 Å². The molecule has 36 heavy (non-hydrogen) atoms. The minimum atomic E-state index is -2.67. The maximum absolute atomic E-state index is 10.2. The highest BCUT2D eigenvalue weighted by Crippen LogP contribution is 1.85. The number of hydrogen-bond donors (Lipinski definition) is 2. The first-order chi connectivity index (χ1) is 16.7. The van der Waals surface area contributed by atoms with Gasteiger partial charge in [0.2, 0.25) is 0 Å². The Hall–Kier alpha value is -2.72. The Kier molecular flexibility index (Phi) is 32.0. The van der Waals surface area contributed by atoms with Gasteiger partial charge >= 0.3 is 11.9 Å². The summed E-state index contributed by atoms with van der Waals surface area (Å²) in [5.74, 6) is -0.866. The lowest BCUT2D eigenvalue weighted by Crippen LogP contribution is -2.00. The molecule has 208 valence electrons. The second-order valence-electron chi connectivity index (χ2n) is 7.06. The summed E-state index contributed by atoms with van der Waals surface area (Å²) in [6.07, 6.45) is 4.38. The second-order valence-corrected chi connectivity index (χ2v) is 11.6. The fourth-order valence-electron chi connectivity index (χ4n) is 1.51. The molecule has 0 aliphatic rings. The number of hydrogen-bond acceptors (Lipinski definition) is 6. The summed E-state index contributed by atoms with van der Waals surface area (Å²) in [4.78, 5) is 18.7. The zero-order chi connectivity index (χ0) is 28.9. The quantitative estimate of drug-likeness (QED) is 0.500.